The Bertz CT molecular complexity index is 1590. The minimum absolute atomic E-state index is 0.171. The van der Waals surface area contributed by atoms with Gasteiger partial charge in [-0.3, -0.25) is 0 Å². The Morgan fingerprint density at radius 3 is 1.43 bits per heavy atom. The van der Waals surface area contributed by atoms with Gasteiger partial charge in [-0.1, -0.05) is 102 Å². The second kappa shape index (κ2) is 9.79. The quantitative estimate of drug-likeness (QED) is 0.147. The van der Waals surface area contributed by atoms with Crippen molar-refractivity contribution in [2.45, 2.75) is 83.5 Å². The maximum atomic E-state index is 2.35. The molecule has 4 heterocycles. The molecule has 0 amide bonds. The second-order valence-electron chi connectivity index (χ2n) is 10.8. The molecule has 4 heteroatoms. The van der Waals surface area contributed by atoms with Gasteiger partial charge < -0.3 is 0 Å². The third kappa shape index (κ3) is 3.70. The first kappa shape index (κ1) is 24.3. The zero-order chi connectivity index (χ0) is 25.0. The number of unbranched alkanes of at least 4 members (excludes halogenated alkanes) is 6. The summed E-state index contributed by atoms with van der Waals surface area (Å²) in [4.78, 5) is 3.23. The van der Waals surface area contributed by atoms with E-state index in [-0.39, 0.29) is 5.41 Å². The summed E-state index contributed by atoms with van der Waals surface area (Å²) in [6, 6.07) is 18.2. The Labute approximate surface area is 236 Å². The monoisotopic (exact) mass is 558 g/mol. The number of hydrogen-bond donors (Lipinski definition) is 0. The first-order valence-corrected chi connectivity index (χ1v) is 17.4. The van der Waals surface area contributed by atoms with Crippen molar-refractivity contribution < 1.29 is 0 Å². The zero-order valence-electron chi connectivity index (χ0n) is 21.8. The van der Waals surface area contributed by atoms with Crippen molar-refractivity contribution in [3.8, 4) is 9.75 Å². The van der Waals surface area contributed by atoms with Crippen LogP contribution in [0.5, 0.6) is 0 Å². The first-order valence-electron chi connectivity index (χ1n) is 14.2. The van der Waals surface area contributed by atoms with E-state index >= 15 is 0 Å². The van der Waals surface area contributed by atoms with Crippen LogP contribution in [0.25, 0.3) is 48.7 Å². The molecule has 0 saturated carbocycles. The maximum Gasteiger partial charge on any atom is 0.0539 e. The van der Waals surface area contributed by atoms with Gasteiger partial charge in [0, 0.05) is 36.7 Å². The van der Waals surface area contributed by atoms with Crippen LogP contribution in [0.1, 0.15) is 89.2 Å². The van der Waals surface area contributed by atoms with Crippen LogP contribution in [0.15, 0.2) is 48.5 Å². The molecule has 4 aromatic heterocycles. The van der Waals surface area contributed by atoms with Crippen molar-refractivity contribution in [3.63, 3.8) is 0 Å². The average Bonchev–Trinajstić information content (AvgIpc) is 3.68. The van der Waals surface area contributed by atoms with E-state index in [4.69, 9.17) is 0 Å². The Hall–Kier alpha value is -1.72. The van der Waals surface area contributed by atoms with Crippen LogP contribution in [0, 0.1) is 0 Å². The minimum atomic E-state index is 0.171. The van der Waals surface area contributed by atoms with Crippen molar-refractivity contribution in [3.05, 3.63) is 59.7 Å². The lowest BCUT2D eigenvalue weighted by Gasteiger charge is -2.32. The summed E-state index contributed by atoms with van der Waals surface area (Å²) in [6.07, 6.45) is 13.3. The third-order valence-electron chi connectivity index (χ3n) is 8.49. The first-order chi connectivity index (χ1) is 18.3. The summed E-state index contributed by atoms with van der Waals surface area (Å²) in [5.74, 6) is 0. The Kier molecular flexibility index (Phi) is 6.44. The number of fused-ring (bicyclic) bond motifs is 11. The normalized spacial score (nSPS) is 14.4. The molecular formula is C33H34S4. The van der Waals surface area contributed by atoms with Gasteiger partial charge in [0.05, 0.1) is 28.6 Å². The average molecular weight is 559 g/mol. The third-order valence-corrected chi connectivity index (χ3v) is 13.7. The van der Waals surface area contributed by atoms with Crippen LogP contribution < -0.4 is 0 Å². The summed E-state index contributed by atoms with van der Waals surface area (Å²) in [6.45, 7) is 4.68. The topological polar surface area (TPSA) is 0 Å². The fourth-order valence-corrected chi connectivity index (χ4v) is 12.8. The van der Waals surface area contributed by atoms with E-state index in [9.17, 15) is 0 Å². The van der Waals surface area contributed by atoms with Gasteiger partial charge in [0.2, 0.25) is 0 Å². The minimum Gasteiger partial charge on any atom is -0.134 e. The van der Waals surface area contributed by atoms with Gasteiger partial charge in [0.25, 0.3) is 0 Å². The van der Waals surface area contributed by atoms with Crippen molar-refractivity contribution in [1.29, 1.82) is 0 Å². The molecule has 190 valence electrons. The predicted molar refractivity (Wildman–Crippen MR) is 172 cm³/mol. The van der Waals surface area contributed by atoms with Crippen LogP contribution in [0.3, 0.4) is 0 Å². The molecule has 1 aliphatic rings. The molecule has 0 nitrogen and oxygen atoms in total. The summed E-state index contributed by atoms with van der Waals surface area (Å²) in [5.41, 5.74) is 3.62. The molecule has 0 spiro atoms. The summed E-state index contributed by atoms with van der Waals surface area (Å²) >= 11 is 8.34. The van der Waals surface area contributed by atoms with E-state index in [1.807, 2.05) is 0 Å². The molecule has 2 aromatic carbocycles. The van der Waals surface area contributed by atoms with E-state index < -0.39 is 0 Å². The highest BCUT2D eigenvalue weighted by molar-refractivity contribution is 7.38. The van der Waals surface area contributed by atoms with Gasteiger partial charge >= 0.3 is 0 Å². The molecule has 7 rings (SSSR count). The highest BCUT2D eigenvalue weighted by atomic mass is 32.1. The fourth-order valence-electron chi connectivity index (χ4n) is 6.73. The molecule has 0 unspecified atom stereocenters. The number of rotatable bonds is 10. The maximum absolute atomic E-state index is 2.35. The fraction of sp³-hybridized carbons (Fsp3) is 0.394. The highest BCUT2D eigenvalue weighted by Crippen LogP contribution is 2.66. The summed E-state index contributed by atoms with van der Waals surface area (Å²) in [5, 5.41) is 2.94. The van der Waals surface area contributed by atoms with Crippen molar-refractivity contribution in [2.24, 2.45) is 0 Å². The molecule has 0 saturated heterocycles. The molecule has 0 radical (unpaired) electrons. The molecule has 0 atom stereocenters. The van der Waals surface area contributed by atoms with Crippen LogP contribution >= 0.6 is 45.3 Å². The molecule has 37 heavy (non-hydrogen) atoms. The number of hydrogen-bond acceptors (Lipinski definition) is 4. The van der Waals surface area contributed by atoms with Crippen molar-refractivity contribution in [1.82, 2.24) is 0 Å². The highest BCUT2D eigenvalue weighted by Gasteiger charge is 2.48. The lowest BCUT2D eigenvalue weighted by Crippen LogP contribution is -2.25. The van der Waals surface area contributed by atoms with Crippen LogP contribution in [-0.2, 0) is 5.41 Å². The molecule has 0 fully saturated rings. The number of thiophene rings is 4. The summed E-state index contributed by atoms with van der Waals surface area (Å²) < 4.78 is 9.21. The molecule has 0 aliphatic heterocycles. The van der Waals surface area contributed by atoms with Gasteiger partial charge in [-0.05, 0) is 25.0 Å². The van der Waals surface area contributed by atoms with Crippen LogP contribution in [0.2, 0.25) is 0 Å². The van der Waals surface area contributed by atoms with E-state index in [2.05, 4.69) is 108 Å². The molecule has 0 bridgehead atoms. The van der Waals surface area contributed by atoms with Gasteiger partial charge in [-0.15, -0.1) is 45.3 Å². The van der Waals surface area contributed by atoms with E-state index in [1.54, 1.807) is 39.7 Å². The Morgan fingerprint density at radius 1 is 0.514 bits per heavy atom. The van der Waals surface area contributed by atoms with Gasteiger partial charge in [-0.2, -0.15) is 0 Å². The number of benzene rings is 2. The smallest absolute Gasteiger partial charge is 0.0539 e. The molecule has 1 aliphatic carbocycles. The zero-order valence-corrected chi connectivity index (χ0v) is 25.1. The van der Waals surface area contributed by atoms with Gasteiger partial charge in [0.1, 0.15) is 0 Å². The lowest BCUT2D eigenvalue weighted by molar-refractivity contribution is 0.407. The van der Waals surface area contributed by atoms with Crippen molar-refractivity contribution >= 4 is 84.3 Å². The van der Waals surface area contributed by atoms with Crippen LogP contribution in [0.4, 0.5) is 0 Å². The predicted octanol–water partition coefficient (Wildman–Crippen LogP) is 12.8. The van der Waals surface area contributed by atoms with E-state index in [0.29, 0.717) is 0 Å². The van der Waals surface area contributed by atoms with E-state index in [1.165, 1.54) is 84.4 Å². The second-order valence-corrected chi connectivity index (χ2v) is 15.0. The van der Waals surface area contributed by atoms with E-state index in [0.717, 1.165) is 0 Å². The Balaban J connectivity index is 1.50. The lowest BCUT2D eigenvalue weighted by atomic mass is 9.71. The Morgan fingerprint density at radius 2 is 0.973 bits per heavy atom. The van der Waals surface area contributed by atoms with Crippen molar-refractivity contribution in [2.75, 3.05) is 0 Å². The van der Waals surface area contributed by atoms with Gasteiger partial charge in [-0.25, -0.2) is 0 Å². The molecule has 6 aromatic rings. The summed E-state index contributed by atoms with van der Waals surface area (Å²) in [7, 11) is 0. The SMILES string of the molecule is CCCCCCC1(CCCCCC)c2c(sc3c2sc2ccccc23)-c2sc3c(sc4ccccc43)c21. The van der Waals surface area contributed by atoms with Gasteiger partial charge in [0.15, 0.2) is 0 Å². The largest absolute Gasteiger partial charge is 0.134 e. The molecule has 0 N–H and O–H groups in total. The van der Waals surface area contributed by atoms with Crippen LogP contribution in [-0.4, -0.2) is 0 Å². The standard InChI is InChI=1S/C33H34S4/c1-3-5-7-13-19-33(20-14-8-6-4-2)25-29-27(21-15-9-11-17-23(21)34-29)36-31(25)32-26(33)30-28(37-32)22-16-10-12-18-24(22)35-30/h9-12,15-18H,3-8,13-14,19-20H2,1-2H3. The molecular weight excluding hydrogens is 525 g/mol.